The van der Waals surface area contributed by atoms with Gasteiger partial charge in [0.05, 0.1) is 27.9 Å². The minimum atomic E-state index is -2.07. The lowest BCUT2D eigenvalue weighted by Crippen LogP contribution is -2.93. The van der Waals surface area contributed by atoms with Crippen LogP contribution in [0.5, 0.6) is 23.0 Å². The highest BCUT2D eigenvalue weighted by molar-refractivity contribution is 6.26. The molecule has 0 fully saturated rings. The smallest absolute Gasteiger partial charge is 0.364 e. The Kier molecular flexibility index (Phi) is 13.1. The fourth-order valence-corrected chi connectivity index (χ4v) is 2.13. The van der Waals surface area contributed by atoms with Gasteiger partial charge in [-0.1, -0.05) is 0 Å². The number of esters is 1. The van der Waals surface area contributed by atoms with Crippen molar-refractivity contribution in [2.24, 2.45) is 0 Å². The molecule has 0 saturated heterocycles. The van der Waals surface area contributed by atoms with E-state index in [0.29, 0.717) is 36.1 Å². The van der Waals surface area contributed by atoms with Gasteiger partial charge in [-0.3, -0.25) is 0 Å². The third-order valence-electron chi connectivity index (χ3n) is 3.68. The molecular formula is C19H29NO11. The molecule has 2 atom stereocenters. The van der Waals surface area contributed by atoms with Gasteiger partial charge in [-0.05, 0) is 13.8 Å². The number of carbonyl (C=O) groups excluding carboxylic acids is 2. The monoisotopic (exact) mass is 447 g/mol. The number of carbonyl (C=O) groups is 3. The van der Waals surface area contributed by atoms with E-state index < -0.39 is 18.0 Å². The van der Waals surface area contributed by atoms with Crippen molar-refractivity contribution in [1.29, 1.82) is 0 Å². The molecule has 0 radical (unpaired) electrons. The molecule has 1 aromatic carbocycles. The van der Waals surface area contributed by atoms with Crippen molar-refractivity contribution in [3.05, 3.63) is 12.1 Å². The van der Waals surface area contributed by atoms with E-state index in [2.05, 4.69) is 0 Å². The van der Waals surface area contributed by atoms with Crippen molar-refractivity contribution >= 4 is 17.9 Å². The predicted molar refractivity (Wildman–Crippen MR) is 103 cm³/mol. The van der Waals surface area contributed by atoms with Crippen LogP contribution >= 0.6 is 0 Å². The minimum Gasteiger partial charge on any atom is -0.539 e. The van der Waals surface area contributed by atoms with Crippen molar-refractivity contribution in [1.82, 2.24) is 0 Å². The number of carboxylic acid groups (broad SMARTS) is 2. The highest BCUT2D eigenvalue weighted by Crippen LogP contribution is 2.40. The second kappa shape index (κ2) is 14.7. The maximum Gasteiger partial charge on any atom is 0.364 e. The van der Waals surface area contributed by atoms with Crippen molar-refractivity contribution in [3.8, 4) is 23.0 Å². The summed E-state index contributed by atoms with van der Waals surface area (Å²) in [6.07, 6.45) is -0.754. The molecule has 0 aliphatic heterocycles. The number of hydrogen-bond donors (Lipinski definition) is 3. The van der Waals surface area contributed by atoms with Crippen molar-refractivity contribution < 1.29 is 58.7 Å². The summed E-state index contributed by atoms with van der Waals surface area (Å²) in [5.41, 5.74) is 0. The van der Waals surface area contributed by atoms with Crippen molar-refractivity contribution in [2.45, 2.75) is 26.0 Å². The number of methoxy groups -OCH3 is 3. The van der Waals surface area contributed by atoms with Gasteiger partial charge in [-0.25, -0.2) is 9.59 Å². The average Bonchev–Trinajstić information content (AvgIpc) is 2.75. The second-order valence-corrected chi connectivity index (χ2v) is 5.93. The molecule has 0 aromatic heterocycles. The van der Waals surface area contributed by atoms with Crippen LogP contribution in [0.2, 0.25) is 0 Å². The van der Waals surface area contributed by atoms with Crippen LogP contribution in [0.3, 0.4) is 0 Å². The summed E-state index contributed by atoms with van der Waals surface area (Å²) in [4.78, 5) is 29.6. The number of carboxylic acids is 2. The standard InChI is InChI=1S/C17H27NO7.C2H2O4/c1-6-24-17(20)11(2)18-9-12(19)10-25-13-7-14(21-3)16(23-5)15(8-13)22-4;3-1(4)2(5)6/h7-8,11-12,18-19H,6,9-10H2,1-5H3;(H,3,4)(H,5,6). The van der Waals surface area contributed by atoms with Crippen LogP contribution in [0.15, 0.2) is 12.1 Å². The SMILES string of the molecule is CCOC(=O)C(C)[NH2+]CC(O)COc1cc(OC)c(OC)c(OC)c1.O=C([O-])C(=O)O. The third kappa shape index (κ3) is 10.4. The maximum atomic E-state index is 11.5. The summed E-state index contributed by atoms with van der Waals surface area (Å²) in [6, 6.07) is 2.92. The Labute approximate surface area is 179 Å². The zero-order valence-electron chi connectivity index (χ0n) is 18.1. The van der Waals surface area contributed by atoms with Crippen LogP contribution in [0.1, 0.15) is 13.8 Å². The van der Waals surface area contributed by atoms with E-state index in [4.69, 9.17) is 43.5 Å². The molecule has 1 rings (SSSR count). The van der Waals surface area contributed by atoms with Crippen molar-refractivity contribution in [3.63, 3.8) is 0 Å². The number of aliphatic hydroxyl groups excluding tert-OH is 1. The normalized spacial score (nSPS) is 11.8. The Morgan fingerprint density at radius 1 is 1.10 bits per heavy atom. The van der Waals surface area contributed by atoms with E-state index in [-0.39, 0.29) is 18.6 Å². The number of aliphatic hydroxyl groups is 1. The maximum absolute atomic E-state index is 11.5. The molecule has 0 aliphatic carbocycles. The van der Waals surface area contributed by atoms with E-state index in [1.165, 1.54) is 21.3 Å². The number of aliphatic carboxylic acids is 2. The number of ether oxygens (including phenoxy) is 5. The molecule has 0 saturated carbocycles. The first-order chi connectivity index (χ1) is 14.6. The third-order valence-corrected chi connectivity index (χ3v) is 3.68. The zero-order valence-corrected chi connectivity index (χ0v) is 18.1. The summed E-state index contributed by atoms with van der Waals surface area (Å²) in [6.45, 7) is 4.19. The van der Waals surface area contributed by atoms with Gasteiger partial charge in [-0.15, -0.1) is 0 Å². The van der Waals surface area contributed by atoms with E-state index in [9.17, 15) is 9.90 Å². The minimum absolute atomic E-state index is 0.0602. The summed E-state index contributed by atoms with van der Waals surface area (Å²) in [7, 11) is 4.55. The van der Waals surface area contributed by atoms with Crippen LogP contribution in [0, 0.1) is 0 Å². The molecule has 12 heteroatoms. The van der Waals surface area contributed by atoms with Gasteiger partial charge in [0.15, 0.2) is 23.5 Å². The van der Waals surface area contributed by atoms with Crippen LogP contribution in [-0.2, 0) is 19.1 Å². The average molecular weight is 447 g/mol. The number of benzene rings is 1. The molecule has 2 unspecified atom stereocenters. The van der Waals surface area contributed by atoms with E-state index in [1.807, 2.05) is 0 Å². The van der Waals surface area contributed by atoms with Gasteiger partial charge in [0.25, 0.3) is 0 Å². The molecule has 31 heavy (non-hydrogen) atoms. The summed E-state index contributed by atoms with van der Waals surface area (Å²) in [5, 5.41) is 28.1. The molecule has 12 nitrogen and oxygen atoms in total. The highest BCUT2D eigenvalue weighted by atomic mass is 16.5. The predicted octanol–water partition coefficient (Wildman–Crippen LogP) is -2.21. The molecule has 0 heterocycles. The molecule has 0 amide bonds. The van der Waals surface area contributed by atoms with Gasteiger partial charge in [0.1, 0.15) is 25.0 Å². The first kappa shape index (κ1) is 27.8. The van der Waals surface area contributed by atoms with Gasteiger partial charge in [-0.2, -0.15) is 0 Å². The Hall–Kier alpha value is -3.25. The number of nitrogens with two attached hydrogens (primary N) is 1. The van der Waals surface area contributed by atoms with E-state index in [1.54, 1.807) is 31.3 Å². The Morgan fingerprint density at radius 2 is 1.61 bits per heavy atom. The molecule has 0 spiro atoms. The van der Waals surface area contributed by atoms with E-state index >= 15 is 0 Å². The second-order valence-electron chi connectivity index (χ2n) is 5.93. The molecule has 1 aromatic rings. The summed E-state index contributed by atoms with van der Waals surface area (Å²) in [5.74, 6) is -2.44. The molecular weight excluding hydrogens is 418 g/mol. The first-order valence-corrected chi connectivity index (χ1v) is 9.16. The van der Waals surface area contributed by atoms with Crippen LogP contribution in [0.4, 0.5) is 0 Å². The largest absolute Gasteiger partial charge is 0.539 e. The molecule has 176 valence electrons. The fourth-order valence-electron chi connectivity index (χ4n) is 2.13. The van der Waals surface area contributed by atoms with Crippen LogP contribution in [-0.4, -0.2) is 81.4 Å². The molecule has 0 aliphatic rings. The summed E-state index contributed by atoms with van der Waals surface area (Å²) >= 11 is 0. The van der Waals surface area contributed by atoms with Gasteiger partial charge < -0.3 is 49.1 Å². The van der Waals surface area contributed by atoms with E-state index in [0.717, 1.165) is 0 Å². The first-order valence-electron chi connectivity index (χ1n) is 9.16. The van der Waals surface area contributed by atoms with Crippen LogP contribution in [0.25, 0.3) is 0 Å². The van der Waals surface area contributed by atoms with Gasteiger partial charge >= 0.3 is 11.9 Å². The fraction of sp³-hybridized carbons (Fsp3) is 0.526. The number of rotatable bonds is 11. The Morgan fingerprint density at radius 3 is 2.00 bits per heavy atom. The Bertz CT molecular complexity index is 686. The lowest BCUT2D eigenvalue weighted by Gasteiger charge is -2.16. The summed E-state index contributed by atoms with van der Waals surface area (Å²) < 4.78 is 26.2. The Balaban J connectivity index is 0.00000131. The molecule has 4 N–H and O–H groups in total. The van der Waals surface area contributed by atoms with Gasteiger partial charge in [0.2, 0.25) is 5.75 Å². The highest BCUT2D eigenvalue weighted by Gasteiger charge is 2.20. The number of quaternary nitrogens is 1. The van der Waals surface area contributed by atoms with Gasteiger partial charge in [0, 0.05) is 12.1 Å². The van der Waals surface area contributed by atoms with Crippen LogP contribution < -0.4 is 29.4 Å². The zero-order chi connectivity index (χ0) is 24.0. The topological polar surface area (TPSA) is 177 Å². The molecule has 0 bridgehead atoms. The lowest BCUT2D eigenvalue weighted by atomic mass is 10.2. The number of hydrogen-bond acceptors (Lipinski definition) is 10. The lowest BCUT2D eigenvalue weighted by molar-refractivity contribution is -0.680. The van der Waals surface area contributed by atoms with Crippen molar-refractivity contribution in [2.75, 3.05) is 41.1 Å². The quantitative estimate of drug-likeness (QED) is 0.247.